The highest BCUT2D eigenvalue weighted by molar-refractivity contribution is 5.89. The number of likely N-dealkylation sites (tertiary alicyclic amines) is 1. The lowest BCUT2D eigenvalue weighted by molar-refractivity contribution is -0.0371. The Hall–Kier alpha value is -2.72. The fourth-order valence-electron chi connectivity index (χ4n) is 5.65. The minimum absolute atomic E-state index is 0.0401. The monoisotopic (exact) mass is 539 g/mol. The molecule has 2 aliphatic heterocycles. The molecule has 1 fully saturated rings. The second kappa shape index (κ2) is 11.6. The van der Waals surface area contributed by atoms with Crippen molar-refractivity contribution in [3.05, 3.63) is 64.2 Å². The number of methoxy groups -OCH3 is 1. The second-order valence-electron chi connectivity index (χ2n) is 10.4. The molecule has 1 N–H and O–H groups in total. The Labute approximate surface area is 219 Å². The summed E-state index contributed by atoms with van der Waals surface area (Å²) in [7, 11) is 1.26. The van der Waals surface area contributed by atoms with Crippen LogP contribution >= 0.6 is 0 Å². The van der Waals surface area contributed by atoms with Crippen molar-refractivity contribution in [1.29, 1.82) is 0 Å². The standard InChI is InChI=1S/C28H34F5N3O2/c1-17-11-19-12-18(27(37)38-3)5-6-22(19)26(36(17)16-28(2,32)33)25-23(30)13-21(14-24(25)31)34-20-7-10-35(15-20)9-4-8-29/h5-6,12-14,17,20,26,34H,4,7-11,15-16H2,1-3H3/t17-,20?,26?/m1/s1. The lowest BCUT2D eigenvalue weighted by Crippen LogP contribution is -2.48. The maximum Gasteiger partial charge on any atom is 0.337 e. The second-order valence-corrected chi connectivity index (χ2v) is 10.4. The van der Waals surface area contributed by atoms with Gasteiger partial charge < -0.3 is 15.0 Å². The van der Waals surface area contributed by atoms with E-state index >= 15 is 8.78 Å². The zero-order valence-corrected chi connectivity index (χ0v) is 21.9. The van der Waals surface area contributed by atoms with Gasteiger partial charge in [0.2, 0.25) is 0 Å². The van der Waals surface area contributed by atoms with Gasteiger partial charge in [-0.1, -0.05) is 6.07 Å². The molecule has 2 unspecified atom stereocenters. The van der Waals surface area contributed by atoms with Gasteiger partial charge in [-0.15, -0.1) is 0 Å². The maximum absolute atomic E-state index is 15.7. The number of anilines is 1. The van der Waals surface area contributed by atoms with Crippen LogP contribution < -0.4 is 5.32 Å². The summed E-state index contributed by atoms with van der Waals surface area (Å²) in [4.78, 5) is 15.6. The van der Waals surface area contributed by atoms with E-state index < -0.39 is 42.2 Å². The molecule has 0 saturated carbocycles. The fourth-order valence-corrected chi connectivity index (χ4v) is 5.65. The molecule has 2 aliphatic rings. The zero-order valence-electron chi connectivity index (χ0n) is 21.9. The number of esters is 1. The number of benzene rings is 2. The number of nitrogens with one attached hydrogen (secondary N) is 1. The Morgan fingerprint density at radius 3 is 2.53 bits per heavy atom. The predicted octanol–water partition coefficient (Wildman–Crippen LogP) is 5.59. The van der Waals surface area contributed by atoms with E-state index in [9.17, 15) is 18.0 Å². The number of carbonyl (C=O) groups is 1. The van der Waals surface area contributed by atoms with Crippen LogP contribution in [0.25, 0.3) is 0 Å². The van der Waals surface area contributed by atoms with Gasteiger partial charge in [0, 0.05) is 49.9 Å². The number of alkyl halides is 3. The molecule has 38 heavy (non-hydrogen) atoms. The van der Waals surface area contributed by atoms with Gasteiger partial charge >= 0.3 is 5.97 Å². The minimum Gasteiger partial charge on any atom is -0.465 e. The van der Waals surface area contributed by atoms with Crippen LogP contribution in [0.3, 0.4) is 0 Å². The van der Waals surface area contributed by atoms with Crippen molar-refractivity contribution in [3.8, 4) is 0 Å². The van der Waals surface area contributed by atoms with Crippen molar-refractivity contribution in [1.82, 2.24) is 9.80 Å². The Morgan fingerprint density at radius 2 is 1.89 bits per heavy atom. The van der Waals surface area contributed by atoms with Gasteiger partial charge in [-0.05, 0) is 61.6 Å². The SMILES string of the molecule is COC(=O)c1ccc2c(c1)C[C@@H](C)N(CC(C)(F)F)C2c1c(F)cc(NC2CCN(CCCF)C2)cc1F. The summed E-state index contributed by atoms with van der Waals surface area (Å²) in [6.45, 7) is 3.47. The van der Waals surface area contributed by atoms with E-state index in [0.29, 0.717) is 37.1 Å². The molecule has 0 radical (unpaired) electrons. The van der Waals surface area contributed by atoms with E-state index in [1.807, 2.05) is 0 Å². The Morgan fingerprint density at radius 1 is 1.18 bits per heavy atom. The number of rotatable bonds is 9. The maximum atomic E-state index is 15.7. The van der Waals surface area contributed by atoms with E-state index in [2.05, 4.69) is 10.2 Å². The summed E-state index contributed by atoms with van der Waals surface area (Å²) < 4.78 is 77.1. The van der Waals surface area contributed by atoms with Crippen molar-refractivity contribution in [2.24, 2.45) is 0 Å². The van der Waals surface area contributed by atoms with Crippen molar-refractivity contribution >= 4 is 11.7 Å². The van der Waals surface area contributed by atoms with Crippen molar-refractivity contribution in [2.45, 2.75) is 57.2 Å². The first-order valence-corrected chi connectivity index (χ1v) is 12.9. The number of fused-ring (bicyclic) bond motifs is 1. The molecule has 4 rings (SSSR count). The Bertz CT molecular complexity index is 1130. The van der Waals surface area contributed by atoms with Gasteiger partial charge in [0.15, 0.2) is 0 Å². The van der Waals surface area contributed by atoms with Crippen molar-refractivity contribution in [2.75, 3.05) is 45.3 Å². The van der Waals surface area contributed by atoms with Crippen LogP contribution in [-0.2, 0) is 11.2 Å². The fraction of sp³-hybridized carbons (Fsp3) is 0.536. The molecule has 3 atom stereocenters. The zero-order chi connectivity index (χ0) is 27.6. The van der Waals surface area contributed by atoms with E-state index in [4.69, 9.17) is 4.74 Å². The summed E-state index contributed by atoms with van der Waals surface area (Å²) >= 11 is 0. The number of nitrogens with zero attached hydrogens (tertiary/aromatic N) is 2. The summed E-state index contributed by atoms with van der Waals surface area (Å²) in [6.07, 6.45) is 1.53. The van der Waals surface area contributed by atoms with Gasteiger partial charge in [0.05, 0.1) is 31.9 Å². The van der Waals surface area contributed by atoms with Crippen LogP contribution in [0.15, 0.2) is 30.3 Å². The number of halogens is 5. The third-order valence-corrected chi connectivity index (χ3v) is 7.34. The smallest absolute Gasteiger partial charge is 0.337 e. The molecule has 0 bridgehead atoms. The number of hydrogen-bond acceptors (Lipinski definition) is 5. The topological polar surface area (TPSA) is 44.8 Å². The van der Waals surface area contributed by atoms with Crippen LogP contribution in [0.2, 0.25) is 0 Å². The largest absolute Gasteiger partial charge is 0.465 e. The van der Waals surface area contributed by atoms with Crippen molar-refractivity contribution < 1.29 is 31.5 Å². The molecule has 2 aromatic rings. The third-order valence-electron chi connectivity index (χ3n) is 7.34. The molecule has 208 valence electrons. The lowest BCUT2D eigenvalue weighted by atomic mass is 9.83. The number of hydrogen-bond donors (Lipinski definition) is 1. The van der Waals surface area contributed by atoms with E-state index in [1.54, 1.807) is 19.1 Å². The minimum atomic E-state index is -3.10. The average molecular weight is 540 g/mol. The Kier molecular flexibility index (Phi) is 8.62. The predicted molar refractivity (Wildman–Crippen MR) is 136 cm³/mol. The quantitative estimate of drug-likeness (QED) is 0.333. The van der Waals surface area contributed by atoms with E-state index in [-0.39, 0.29) is 29.5 Å². The van der Waals surface area contributed by atoms with Crippen LogP contribution in [0, 0.1) is 11.6 Å². The van der Waals surface area contributed by atoms with Gasteiger partial charge in [-0.2, -0.15) is 0 Å². The summed E-state index contributed by atoms with van der Waals surface area (Å²) in [5.41, 5.74) is 1.36. The highest BCUT2D eigenvalue weighted by Crippen LogP contribution is 2.42. The van der Waals surface area contributed by atoms with Gasteiger partial charge in [0.25, 0.3) is 5.92 Å². The van der Waals surface area contributed by atoms with Gasteiger partial charge in [-0.3, -0.25) is 9.29 Å². The van der Waals surface area contributed by atoms with Crippen LogP contribution in [0.4, 0.5) is 27.6 Å². The summed E-state index contributed by atoms with van der Waals surface area (Å²) in [6, 6.07) is 5.43. The molecular weight excluding hydrogens is 505 g/mol. The lowest BCUT2D eigenvalue weighted by Gasteiger charge is -2.43. The summed E-state index contributed by atoms with van der Waals surface area (Å²) in [5.74, 6) is -5.33. The normalized spacial score (nSPS) is 22.4. The third kappa shape index (κ3) is 6.29. The van der Waals surface area contributed by atoms with Crippen molar-refractivity contribution in [3.63, 3.8) is 0 Å². The first kappa shape index (κ1) is 28.3. The molecule has 2 aromatic carbocycles. The molecule has 0 spiro atoms. The number of carbonyl (C=O) groups excluding carboxylic acids is 1. The summed E-state index contributed by atoms with van der Waals surface area (Å²) in [5, 5.41) is 3.16. The molecule has 0 aliphatic carbocycles. The van der Waals surface area contributed by atoms with Crippen LogP contribution in [-0.4, -0.2) is 73.7 Å². The first-order valence-electron chi connectivity index (χ1n) is 12.9. The molecule has 2 heterocycles. The first-order chi connectivity index (χ1) is 18.0. The molecular formula is C28H34F5N3O2. The van der Waals surface area contributed by atoms with Gasteiger partial charge in [-0.25, -0.2) is 22.4 Å². The molecule has 10 heteroatoms. The molecule has 5 nitrogen and oxygen atoms in total. The Balaban J connectivity index is 1.68. The highest BCUT2D eigenvalue weighted by Gasteiger charge is 2.41. The van der Waals surface area contributed by atoms with Crippen LogP contribution in [0.5, 0.6) is 0 Å². The van der Waals surface area contributed by atoms with E-state index in [0.717, 1.165) is 19.9 Å². The average Bonchev–Trinajstić information content (AvgIpc) is 3.29. The molecule has 0 amide bonds. The van der Waals surface area contributed by atoms with Gasteiger partial charge in [0.1, 0.15) is 11.6 Å². The highest BCUT2D eigenvalue weighted by atomic mass is 19.3. The molecule has 1 saturated heterocycles. The number of ether oxygens (including phenoxy) is 1. The molecule has 0 aromatic heterocycles. The van der Waals surface area contributed by atoms with Crippen LogP contribution in [0.1, 0.15) is 59.8 Å². The van der Waals surface area contributed by atoms with E-state index in [1.165, 1.54) is 30.2 Å².